The van der Waals surface area contributed by atoms with Gasteiger partial charge < -0.3 is 5.11 Å². The highest BCUT2D eigenvalue weighted by Gasteiger charge is 2.53. The van der Waals surface area contributed by atoms with Gasteiger partial charge in [0.25, 0.3) is 0 Å². The molecule has 2 fully saturated rings. The SMILES string of the molecule is C[C@@H]1CC[C@H]2[C@@H]3CCc4cc(O)ccc4[C@@H]3CC[C@]12C. The molecule has 0 spiro atoms. The van der Waals surface area contributed by atoms with Crippen molar-refractivity contribution in [1.82, 2.24) is 0 Å². The molecule has 3 aliphatic carbocycles. The van der Waals surface area contributed by atoms with E-state index < -0.39 is 0 Å². The van der Waals surface area contributed by atoms with E-state index in [1.54, 1.807) is 5.56 Å². The summed E-state index contributed by atoms with van der Waals surface area (Å²) in [6.07, 6.45) is 8.17. The third-order valence-electron chi connectivity index (χ3n) is 7.18. The Morgan fingerprint density at radius 1 is 1.15 bits per heavy atom. The molecule has 1 N–H and O–H groups in total. The van der Waals surface area contributed by atoms with Crippen molar-refractivity contribution in [3.8, 4) is 5.75 Å². The monoisotopic (exact) mass is 270 g/mol. The number of aromatic hydroxyl groups is 1. The molecule has 1 aromatic rings. The molecular formula is C19H26O. The minimum atomic E-state index is 0.442. The standard InChI is InChI=1S/C19H26O/c1-12-3-8-18-17-6-4-13-11-14(20)5-7-15(13)16(17)9-10-19(12,18)2/h5,7,11-12,16-18,20H,3-4,6,8-10H2,1-2H3/t12-,16+,17-,18+,19-/m1/s1. The van der Waals surface area contributed by atoms with Gasteiger partial charge in [-0.1, -0.05) is 19.9 Å². The van der Waals surface area contributed by atoms with Gasteiger partial charge in [0.2, 0.25) is 0 Å². The van der Waals surface area contributed by atoms with E-state index in [1.165, 1.54) is 44.1 Å². The molecule has 20 heavy (non-hydrogen) atoms. The first kappa shape index (κ1) is 12.7. The molecule has 0 amide bonds. The molecule has 2 saturated carbocycles. The first-order valence-corrected chi connectivity index (χ1v) is 8.41. The molecule has 1 heteroatoms. The molecule has 1 aromatic carbocycles. The Balaban J connectivity index is 1.71. The molecule has 0 aromatic heterocycles. The topological polar surface area (TPSA) is 20.2 Å². The van der Waals surface area contributed by atoms with Gasteiger partial charge in [0.1, 0.15) is 5.75 Å². The van der Waals surface area contributed by atoms with E-state index in [0.717, 1.165) is 23.7 Å². The molecule has 0 unspecified atom stereocenters. The lowest BCUT2D eigenvalue weighted by Gasteiger charge is -2.50. The van der Waals surface area contributed by atoms with Gasteiger partial charge in [-0.25, -0.2) is 0 Å². The summed E-state index contributed by atoms with van der Waals surface area (Å²) in [7, 11) is 0. The molecule has 0 heterocycles. The van der Waals surface area contributed by atoms with Crippen LogP contribution in [0.3, 0.4) is 0 Å². The number of rotatable bonds is 0. The van der Waals surface area contributed by atoms with Crippen LogP contribution >= 0.6 is 0 Å². The van der Waals surface area contributed by atoms with Gasteiger partial charge >= 0.3 is 0 Å². The van der Waals surface area contributed by atoms with Gasteiger partial charge in [-0.2, -0.15) is 0 Å². The fourth-order valence-corrected chi connectivity index (χ4v) is 5.83. The lowest BCUT2D eigenvalue weighted by Crippen LogP contribution is -2.41. The summed E-state index contributed by atoms with van der Waals surface area (Å²) in [5.74, 6) is 3.96. The van der Waals surface area contributed by atoms with Crippen LogP contribution < -0.4 is 0 Å². The molecule has 3 aliphatic rings. The lowest BCUT2D eigenvalue weighted by atomic mass is 9.54. The smallest absolute Gasteiger partial charge is 0.115 e. The predicted molar refractivity (Wildman–Crippen MR) is 81.9 cm³/mol. The van der Waals surface area contributed by atoms with Gasteiger partial charge in [0.15, 0.2) is 0 Å². The molecule has 0 aliphatic heterocycles. The number of hydrogen-bond acceptors (Lipinski definition) is 1. The molecular weight excluding hydrogens is 244 g/mol. The molecule has 0 radical (unpaired) electrons. The number of benzene rings is 1. The van der Waals surface area contributed by atoms with Crippen molar-refractivity contribution >= 4 is 0 Å². The van der Waals surface area contributed by atoms with Crippen LogP contribution in [0, 0.1) is 23.2 Å². The maximum Gasteiger partial charge on any atom is 0.115 e. The van der Waals surface area contributed by atoms with Crippen LogP contribution in [0.1, 0.15) is 63.0 Å². The molecule has 108 valence electrons. The number of hydrogen-bond donors (Lipinski definition) is 1. The van der Waals surface area contributed by atoms with Gasteiger partial charge in [0.05, 0.1) is 0 Å². The third-order valence-corrected chi connectivity index (χ3v) is 7.18. The highest BCUT2D eigenvalue weighted by Crippen LogP contribution is 2.62. The molecule has 0 saturated heterocycles. The van der Waals surface area contributed by atoms with Gasteiger partial charge in [-0.3, -0.25) is 0 Å². The summed E-state index contributed by atoms with van der Waals surface area (Å²) < 4.78 is 0. The number of phenols is 1. The van der Waals surface area contributed by atoms with Crippen molar-refractivity contribution in [2.75, 3.05) is 0 Å². The van der Waals surface area contributed by atoms with Crippen molar-refractivity contribution in [2.45, 2.75) is 58.3 Å². The van der Waals surface area contributed by atoms with Crippen molar-refractivity contribution in [3.05, 3.63) is 29.3 Å². The fourth-order valence-electron chi connectivity index (χ4n) is 5.83. The zero-order chi connectivity index (χ0) is 13.9. The van der Waals surface area contributed by atoms with Crippen LogP contribution in [-0.4, -0.2) is 5.11 Å². The quantitative estimate of drug-likeness (QED) is 0.712. The summed E-state index contributed by atoms with van der Waals surface area (Å²) in [6, 6.07) is 6.12. The first-order valence-electron chi connectivity index (χ1n) is 8.41. The van der Waals surface area contributed by atoms with Crippen molar-refractivity contribution in [2.24, 2.45) is 23.2 Å². The Bertz CT molecular complexity index is 535. The second-order valence-corrected chi connectivity index (χ2v) is 7.82. The Kier molecular flexibility index (Phi) is 2.71. The second-order valence-electron chi connectivity index (χ2n) is 7.82. The van der Waals surface area contributed by atoms with Crippen LogP contribution in [0.2, 0.25) is 0 Å². The highest BCUT2D eigenvalue weighted by molar-refractivity contribution is 5.40. The Hall–Kier alpha value is -0.980. The van der Waals surface area contributed by atoms with Gasteiger partial charge in [0, 0.05) is 0 Å². The Morgan fingerprint density at radius 2 is 2.00 bits per heavy atom. The minimum absolute atomic E-state index is 0.442. The van der Waals surface area contributed by atoms with E-state index in [1.807, 2.05) is 12.1 Å². The molecule has 0 bridgehead atoms. The van der Waals surface area contributed by atoms with Crippen LogP contribution in [0.5, 0.6) is 5.75 Å². The molecule has 1 nitrogen and oxygen atoms in total. The maximum atomic E-state index is 9.71. The van der Waals surface area contributed by atoms with Crippen molar-refractivity contribution < 1.29 is 5.11 Å². The van der Waals surface area contributed by atoms with Crippen molar-refractivity contribution in [1.29, 1.82) is 0 Å². The van der Waals surface area contributed by atoms with E-state index in [9.17, 15) is 5.11 Å². The zero-order valence-corrected chi connectivity index (χ0v) is 12.7. The van der Waals surface area contributed by atoms with Crippen LogP contribution in [-0.2, 0) is 6.42 Å². The highest BCUT2D eigenvalue weighted by atomic mass is 16.3. The Morgan fingerprint density at radius 3 is 2.85 bits per heavy atom. The predicted octanol–water partition coefficient (Wildman–Crippen LogP) is 4.88. The van der Waals surface area contributed by atoms with E-state index >= 15 is 0 Å². The second kappa shape index (κ2) is 4.26. The van der Waals surface area contributed by atoms with E-state index in [-0.39, 0.29) is 0 Å². The fraction of sp³-hybridized carbons (Fsp3) is 0.684. The van der Waals surface area contributed by atoms with Gasteiger partial charge in [-0.05, 0) is 90.9 Å². The molecule has 4 rings (SSSR count). The summed E-state index contributed by atoms with van der Waals surface area (Å²) in [6.45, 7) is 5.05. The maximum absolute atomic E-state index is 9.71. The van der Waals surface area contributed by atoms with Crippen molar-refractivity contribution in [3.63, 3.8) is 0 Å². The summed E-state index contributed by atoms with van der Waals surface area (Å²) in [5, 5.41) is 9.71. The van der Waals surface area contributed by atoms with Gasteiger partial charge in [-0.15, -0.1) is 0 Å². The summed E-state index contributed by atoms with van der Waals surface area (Å²) in [5.41, 5.74) is 3.58. The number of fused-ring (bicyclic) bond motifs is 5. The Labute approximate surface area is 122 Å². The summed E-state index contributed by atoms with van der Waals surface area (Å²) in [4.78, 5) is 0. The number of phenolic OH excluding ortho intramolecular Hbond substituents is 1. The summed E-state index contributed by atoms with van der Waals surface area (Å²) >= 11 is 0. The van der Waals surface area contributed by atoms with E-state index in [4.69, 9.17) is 0 Å². The van der Waals surface area contributed by atoms with Crippen LogP contribution in [0.25, 0.3) is 0 Å². The molecule has 5 atom stereocenters. The van der Waals surface area contributed by atoms with E-state index in [2.05, 4.69) is 19.9 Å². The average molecular weight is 270 g/mol. The van der Waals surface area contributed by atoms with Crippen LogP contribution in [0.4, 0.5) is 0 Å². The first-order chi connectivity index (χ1) is 9.59. The van der Waals surface area contributed by atoms with E-state index in [0.29, 0.717) is 11.2 Å². The zero-order valence-electron chi connectivity index (χ0n) is 12.7. The largest absolute Gasteiger partial charge is 0.508 e. The normalized spacial score (nSPS) is 42.7. The minimum Gasteiger partial charge on any atom is -0.508 e. The average Bonchev–Trinajstić information content (AvgIpc) is 2.74. The van der Waals surface area contributed by atoms with Crippen LogP contribution in [0.15, 0.2) is 18.2 Å². The number of aryl methyl sites for hydroxylation is 1. The third kappa shape index (κ3) is 1.61. The lowest BCUT2D eigenvalue weighted by molar-refractivity contribution is 0.0336.